The Morgan fingerprint density at radius 1 is 1.42 bits per heavy atom. The van der Waals surface area contributed by atoms with Gasteiger partial charge >= 0.3 is 0 Å². The molecule has 31 heavy (non-hydrogen) atoms. The average Bonchev–Trinajstić information content (AvgIpc) is 2.75. The van der Waals surface area contributed by atoms with Crippen LogP contribution in [0, 0.1) is 24.2 Å². The summed E-state index contributed by atoms with van der Waals surface area (Å²) in [6, 6.07) is 0. The van der Waals surface area contributed by atoms with Crippen molar-refractivity contribution in [3.63, 3.8) is 0 Å². The van der Waals surface area contributed by atoms with Crippen LogP contribution >= 0.6 is 11.6 Å². The number of aromatic hydroxyl groups is 1. The van der Waals surface area contributed by atoms with Crippen LogP contribution in [0.4, 0.5) is 4.39 Å². The fourth-order valence-electron chi connectivity index (χ4n) is 4.17. The van der Waals surface area contributed by atoms with Crippen molar-refractivity contribution in [2.45, 2.75) is 53.9 Å². The molecule has 2 N–H and O–H groups in total. The lowest BCUT2D eigenvalue weighted by Crippen LogP contribution is -2.40. The maximum Gasteiger partial charge on any atom is 0.228 e. The molecule has 0 bridgehead atoms. The minimum Gasteiger partial charge on any atom is -0.507 e. The summed E-state index contributed by atoms with van der Waals surface area (Å²) in [5.74, 6) is 0.309. The number of allylic oxidation sites excluding steroid dienone is 4. The highest BCUT2D eigenvalue weighted by Gasteiger charge is 2.40. The van der Waals surface area contributed by atoms with Crippen LogP contribution in [0.1, 0.15) is 62.0 Å². The summed E-state index contributed by atoms with van der Waals surface area (Å²) in [6.07, 6.45) is 8.47. The SMILES string of the molecule is CC(/C=C/[C@@]1(C)[C@H](C)CC/C(=N\O)[C@@H]1C)=C\Cc1c(O)c(C=O)c(C)c(Cl)c1OCF. The van der Waals surface area contributed by atoms with Gasteiger partial charge < -0.3 is 15.1 Å². The number of carbonyl (C=O) groups is 1. The second-order valence-electron chi connectivity index (χ2n) is 8.48. The molecule has 7 heteroatoms. The van der Waals surface area contributed by atoms with Gasteiger partial charge in [0.15, 0.2) is 6.29 Å². The monoisotopic (exact) mass is 451 g/mol. The molecular weight excluding hydrogens is 421 g/mol. The summed E-state index contributed by atoms with van der Waals surface area (Å²) in [4.78, 5) is 11.4. The van der Waals surface area contributed by atoms with Crippen molar-refractivity contribution in [3.8, 4) is 11.5 Å². The van der Waals surface area contributed by atoms with Crippen LogP contribution in [0.5, 0.6) is 11.5 Å². The molecule has 0 saturated heterocycles. The Labute approximate surface area is 188 Å². The predicted molar refractivity (Wildman–Crippen MR) is 121 cm³/mol. The van der Waals surface area contributed by atoms with Gasteiger partial charge in [0.1, 0.15) is 11.5 Å². The van der Waals surface area contributed by atoms with Crippen LogP contribution < -0.4 is 4.74 Å². The van der Waals surface area contributed by atoms with E-state index in [0.29, 0.717) is 17.8 Å². The first kappa shape index (κ1) is 24.9. The lowest BCUT2D eigenvalue weighted by atomic mass is 9.61. The molecule has 3 atom stereocenters. The van der Waals surface area contributed by atoms with E-state index in [1.165, 1.54) is 0 Å². The third-order valence-corrected chi connectivity index (χ3v) is 7.31. The Hall–Kier alpha value is -2.34. The molecule has 1 aromatic carbocycles. The summed E-state index contributed by atoms with van der Waals surface area (Å²) < 4.78 is 17.9. The predicted octanol–water partition coefficient (Wildman–Crippen LogP) is 6.42. The molecular formula is C24H31ClFNO4. The van der Waals surface area contributed by atoms with Crippen molar-refractivity contribution in [3.05, 3.63) is 45.5 Å². The Kier molecular flexibility index (Phi) is 8.29. The zero-order valence-corrected chi connectivity index (χ0v) is 19.5. The Morgan fingerprint density at radius 2 is 2.10 bits per heavy atom. The van der Waals surface area contributed by atoms with Crippen molar-refractivity contribution in [1.29, 1.82) is 0 Å². The van der Waals surface area contributed by atoms with E-state index in [4.69, 9.17) is 16.3 Å². The first-order valence-electron chi connectivity index (χ1n) is 10.4. The number of rotatable bonds is 7. The highest BCUT2D eigenvalue weighted by atomic mass is 35.5. The zero-order chi connectivity index (χ0) is 23.3. The minimum absolute atomic E-state index is 0.0445. The normalized spacial score (nSPS) is 25.9. The van der Waals surface area contributed by atoms with E-state index >= 15 is 0 Å². The molecule has 0 aliphatic heterocycles. The van der Waals surface area contributed by atoms with E-state index in [9.17, 15) is 19.5 Å². The molecule has 0 unspecified atom stereocenters. The van der Waals surface area contributed by atoms with Gasteiger partial charge in [-0.25, -0.2) is 4.39 Å². The zero-order valence-electron chi connectivity index (χ0n) is 18.7. The second-order valence-corrected chi connectivity index (χ2v) is 8.86. The quantitative estimate of drug-likeness (QED) is 0.217. The summed E-state index contributed by atoms with van der Waals surface area (Å²) in [5, 5.41) is 23.4. The Bertz CT molecular complexity index is 925. The molecule has 0 heterocycles. The molecule has 170 valence electrons. The lowest BCUT2D eigenvalue weighted by Gasteiger charge is -2.43. The van der Waals surface area contributed by atoms with Crippen LogP contribution in [0.25, 0.3) is 0 Å². The van der Waals surface area contributed by atoms with Crippen molar-refractivity contribution in [2.24, 2.45) is 22.4 Å². The fourth-order valence-corrected chi connectivity index (χ4v) is 4.44. The number of nitrogens with zero attached hydrogens (tertiary/aromatic N) is 1. The van der Waals surface area contributed by atoms with E-state index in [2.05, 4.69) is 32.0 Å². The van der Waals surface area contributed by atoms with Gasteiger partial charge in [-0.3, -0.25) is 4.79 Å². The molecule has 1 fully saturated rings. The van der Waals surface area contributed by atoms with Gasteiger partial charge in [-0.2, -0.15) is 0 Å². The third kappa shape index (κ3) is 4.95. The molecule has 1 aliphatic carbocycles. The average molecular weight is 452 g/mol. The van der Waals surface area contributed by atoms with Crippen LogP contribution in [0.2, 0.25) is 5.02 Å². The second kappa shape index (κ2) is 10.3. The van der Waals surface area contributed by atoms with Gasteiger partial charge in [-0.15, -0.1) is 0 Å². The number of phenolic OH excluding ortho intramolecular Hbond substituents is 1. The van der Waals surface area contributed by atoms with E-state index in [0.717, 1.165) is 24.1 Å². The highest BCUT2D eigenvalue weighted by Crippen LogP contribution is 2.45. The molecule has 0 spiro atoms. The fraction of sp³-hybridized carbons (Fsp3) is 0.500. The molecule has 0 radical (unpaired) electrons. The van der Waals surface area contributed by atoms with Gasteiger partial charge in [0.2, 0.25) is 6.86 Å². The third-order valence-electron chi connectivity index (χ3n) is 6.85. The minimum atomic E-state index is -1.10. The van der Waals surface area contributed by atoms with Crippen LogP contribution in [0.3, 0.4) is 0 Å². The van der Waals surface area contributed by atoms with Gasteiger partial charge in [0, 0.05) is 11.5 Å². The molecule has 2 rings (SSSR count). The highest BCUT2D eigenvalue weighted by molar-refractivity contribution is 6.33. The van der Waals surface area contributed by atoms with Crippen molar-refractivity contribution in [2.75, 3.05) is 6.86 Å². The molecule has 1 aromatic rings. The Morgan fingerprint density at radius 3 is 2.68 bits per heavy atom. The van der Waals surface area contributed by atoms with Gasteiger partial charge in [0.25, 0.3) is 0 Å². The maximum atomic E-state index is 12.9. The summed E-state index contributed by atoms with van der Waals surface area (Å²) >= 11 is 6.26. The summed E-state index contributed by atoms with van der Waals surface area (Å²) in [5.41, 5.74) is 2.24. The summed E-state index contributed by atoms with van der Waals surface area (Å²) in [7, 11) is 0. The Balaban J connectivity index is 2.35. The van der Waals surface area contributed by atoms with Gasteiger partial charge in [-0.05, 0) is 50.0 Å². The number of hydrogen-bond acceptors (Lipinski definition) is 5. The van der Waals surface area contributed by atoms with E-state index in [-0.39, 0.29) is 45.4 Å². The number of alkyl halides is 1. The van der Waals surface area contributed by atoms with Crippen molar-refractivity contribution < 1.29 is 24.2 Å². The molecule has 1 aliphatic rings. The topological polar surface area (TPSA) is 79.1 Å². The first-order valence-corrected chi connectivity index (χ1v) is 10.7. The molecule has 5 nitrogen and oxygen atoms in total. The number of hydrogen-bond donors (Lipinski definition) is 2. The van der Waals surface area contributed by atoms with E-state index in [1.54, 1.807) is 6.92 Å². The van der Waals surface area contributed by atoms with Crippen LogP contribution in [-0.4, -0.2) is 29.2 Å². The van der Waals surface area contributed by atoms with Gasteiger partial charge in [-0.1, -0.05) is 61.3 Å². The standard InChI is InChI=1S/C24H31ClFNO4/c1-14(10-11-24(5)15(2)7-9-20(27-30)17(24)4)6-8-18-22(29)19(12-28)16(3)21(25)23(18)31-13-26/h6,10-12,15,17,29-30H,7-9,13H2,1-5H3/b11-10+,14-6+,27-20+/t15-,17+,24+/m1/s1. The number of ether oxygens (including phenoxy) is 1. The number of benzene rings is 1. The number of phenols is 1. The van der Waals surface area contributed by atoms with E-state index in [1.807, 2.05) is 19.1 Å². The van der Waals surface area contributed by atoms with Gasteiger partial charge in [0.05, 0.1) is 16.3 Å². The van der Waals surface area contributed by atoms with E-state index < -0.39 is 6.86 Å². The van der Waals surface area contributed by atoms with Crippen LogP contribution in [0.15, 0.2) is 29.0 Å². The summed E-state index contributed by atoms with van der Waals surface area (Å²) in [6.45, 7) is 8.82. The number of carbonyl (C=O) groups excluding carboxylic acids is 1. The molecule has 1 saturated carbocycles. The van der Waals surface area contributed by atoms with Crippen molar-refractivity contribution in [1.82, 2.24) is 0 Å². The van der Waals surface area contributed by atoms with Crippen LogP contribution in [-0.2, 0) is 6.42 Å². The largest absolute Gasteiger partial charge is 0.507 e. The maximum absolute atomic E-state index is 12.9. The lowest BCUT2D eigenvalue weighted by molar-refractivity contribution is 0.112. The smallest absolute Gasteiger partial charge is 0.228 e. The van der Waals surface area contributed by atoms with Crippen molar-refractivity contribution >= 4 is 23.6 Å². The first-order chi connectivity index (χ1) is 14.6. The molecule has 0 amide bonds. The number of aldehydes is 1. The molecule has 0 aromatic heterocycles. The number of halogens is 2. The number of oxime groups is 1.